The van der Waals surface area contributed by atoms with Crippen LogP contribution in [0.2, 0.25) is 0 Å². The monoisotopic (exact) mass is 531 g/mol. The van der Waals surface area contributed by atoms with E-state index in [9.17, 15) is 13.2 Å². The molecule has 2 aromatic heterocycles. The van der Waals surface area contributed by atoms with Gasteiger partial charge in [-0.2, -0.15) is 13.2 Å². The van der Waals surface area contributed by atoms with Crippen molar-refractivity contribution in [1.82, 2.24) is 24.6 Å². The molecule has 6 nitrogen and oxygen atoms in total. The molecule has 3 aromatic carbocycles. The van der Waals surface area contributed by atoms with Crippen LogP contribution in [0, 0.1) is 5.92 Å². The Kier molecular flexibility index (Phi) is 6.46. The van der Waals surface area contributed by atoms with Gasteiger partial charge in [-0.3, -0.25) is 4.90 Å². The summed E-state index contributed by atoms with van der Waals surface area (Å²) >= 11 is 0. The van der Waals surface area contributed by atoms with Crippen molar-refractivity contribution in [2.75, 3.05) is 13.1 Å². The third-order valence-electron chi connectivity index (χ3n) is 7.30. The molecule has 0 spiro atoms. The first-order valence-corrected chi connectivity index (χ1v) is 13.0. The number of aromatic nitrogens is 4. The molecule has 1 aliphatic heterocycles. The maximum Gasteiger partial charge on any atom is 0.420 e. The zero-order valence-corrected chi connectivity index (χ0v) is 21.7. The fraction of sp³-hybridized carbons (Fsp3) is 0.300. The van der Waals surface area contributed by atoms with Crippen molar-refractivity contribution in [2.45, 2.75) is 32.5 Å². The summed E-state index contributed by atoms with van der Waals surface area (Å²) in [6, 6.07) is 18.2. The summed E-state index contributed by atoms with van der Waals surface area (Å²) in [5.74, 6) is 1.40. The molecule has 1 aliphatic rings. The van der Waals surface area contributed by atoms with E-state index in [4.69, 9.17) is 4.42 Å². The second-order valence-corrected chi connectivity index (χ2v) is 10.4. The van der Waals surface area contributed by atoms with Crippen molar-refractivity contribution in [1.29, 1.82) is 0 Å². The molecule has 1 fully saturated rings. The summed E-state index contributed by atoms with van der Waals surface area (Å²) in [5, 5.41) is 8.23. The van der Waals surface area contributed by atoms with Crippen LogP contribution in [0.15, 0.2) is 71.4 Å². The largest absolute Gasteiger partial charge is 0.435 e. The number of oxazole rings is 1. The Morgan fingerprint density at radius 1 is 1.00 bits per heavy atom. The highest BCUT2D eigenvalue weighted by Crippen LogP contribution is 2.39. The zero-order valence-electron chi connectivity index (χ0n) is 21.7. The van der Waals surface area contributed by atoms with Gasteiger partial charge in [-0.25, -0.2) is 4.98 Å². The molecule has 0 saturated carbocycles. The van der Waals surface area contributed by atoms with Crippen molar-refractivity contribution in [3.8, 4) is 34.0 Å². The molecule has 0 radical (unpaired) electrons. The van der Waals surface area contributed by atoms with Gasteiger partial charge in [-0.15, -0.1) is 10.2 Å². The number of alkyl halides is 3. The van der Waals surface area contributed by atoms with Gasteiger partial charge in [-0.1, -0.05) is 43.3 Å². The van der Waals surface area contributed by atoms with Gasteiger partial charge in [0.1, 0.15) is 17.4 Å². The Morgan fingerprint density at radius 2 is 1.79 bits per heavy atom. The lowest BCUT2D eigenvalue weighted by Crippen LogP contribution is -2.33. The first-order valence-electron chi connectivity index (χ1n) is 13.0. The molecule has 9 heteroatoms. The van der Waals surface area contributed by atoms with Crippen molar-refractivity contribution < 1.29 is 17.6 Å². The molecule has 39 heavy (non-hydrogen) atoms. The summed E-state index contributed by atoms with van der Waals surface area (Å²) in [6.45, 7) is 4.41. The minimum Gasteiger partial charge on any atom is -0.435 e. The van der Waals surface area contributed by atoms with E-state index in [0.29, 0.717) is 29.4 Å². The predicted octanol–water partition coefficient (Wildman–Crippen LogP) is 7.21. The number of piperidine rings is 1. The standard InChI is InChI=1S/C30H28F3N5O/c1-19-7-6-12-38(16-19)17-20-13-25(30(31,32)33)27-26(14-20)35-29(39-27)22-9-5-8-21(15-22)23-10-3-4-11-24(23)28-36-34-18-37(28)2/h3-5,8-11,13-15,18-19H,6-7,12,16-17H2,1-2H3. The van der Waals surface area contributed by atoms with Gasteiger partial charge in [0.2, 0.25) is 5.89 Å². The van der Waals surface area contributed by atoms with Crippen LogP contribution in [0.1, 0.15) is 30.9 Å². The second kappa shape index (κ2) is 9.96. The van der Waals surface area contributed by atoms with Gasteiger partial charge >= 0.3 is 6.18 Å². The topological polar surface area (TPSA) is 60.0 Å². The lowest BCUT2D eigenvalue weighted by atomic mass is 9.97. The molecule has 1 atom stereocenters. The van der Waals surface area contributed by atoms with E-state index in [1.807, 2.05) is 54.1 Å². The molecular formula is C30H28F3N5O. The van der Waals surface area contributed by atoms with Crippen LogP contribution in [0.4, 0.5) is 13.2 Å². The summed E-state index contributed by atoms with van der Waals surface area (Å²) < 4.78 is 50.1. The number of hydrogen-bond donors (Lipinski definition) is 0. The average Bonchev–Trinajstić information content (AvgIpc) is 3.54. The molecule has 5 aromatic rings. The number of rotatable bonds is 5. The number of hydrogen-bond acceptors (Lipinski definition) is 5. The lowest BCUT2D eigenvalue weighted by molar-refractivity contribution is -0.136. The Morgan fingerprint density at radius 3 is 2.54 bits per heavy atom. The van der Waals surface area contributed by atoms with Crippen molar-refractivity contribution >= 4 is 11.1 Å². The molecule has 1 saturated heterocycles. The minimum atomic E-state index is -4.56. The summed E-state index contributed by atoms with van der Waals surface area (Å²) in [4.78, 5) is 6.75. The first-order chi connectivity index (χ1) is 18.8. The van der Waals surface area contributed by atoms with Crippen LogP contribution >= 0.6 is 0 Å². The second-order valence-electron chi connectivity index (χ2n) is 10.4. The number of aryl methyl sites for hydroxylation is 1. The molecule has 0 aliphatic carbocycles. The third-order valence-corrected chi connectivity index (χ3v) is 7.30. The van der Waals surface area contributed by atoms with E-state index in [1.165, 1.54) is 6.07 Å². The summed E-state index contributed by atoms with van der Waals surface area (Å²) in [5.41, 5.74) is 3.05. The van der Waals surface area contributed by atoms with Crippen molar-refractivity contribution in [2.24, 2.45) is 13.0 Å². The number of fused-ring (bicyclic) bond motifs is 1. The minimum absolute atomic E-state index is 0.150. The van der Waals surface area contributed by atoms with Gasteiger partial charge in [0, 0.05) is 31.3 Å². The third kappa shape index (κ3) is 5.06. The normalized spacial score (nSPS) is 16.7. The summed E-state index contributed by atoms with van der Waals surface area (Å²) in [6.07, 6.45) is -0.714. The highest BCUT2D eigenvalue weighted by Gasteiger charge is 2.36. The number of benzene rings is 3. The van der Waals surface area contributed by atoms with Gasteiger partial charge in [0.25, 0.3) is 0 Å². The van der Waals surface area contributed by atoms with Crippen molar-refractivity contribution in [3.05, 3.63) is 78.1 Å². The molecule has 1 unspecified atom stereocenters. The highest BCUT2D eigenvalue weighted by molar-refractivity contribution is 5.84. The van der Waals surface area contributed by atoms with Crippen LogP contribution in [0.3, 0.4) is 0 Å². The molecule has 200 valence electrons. The number of likely N-dealkylation sites (tertiary alicyclic amines) is 1. The van der Waals surface area contributed by atoms with Crippen LogP contribution in [-0.2, 0) is 19.8 Å². The maximum absolute atomic E-state index is 14.1. The van der Waals surface area contributed by atoms with E-state index in [-0.39, 0.29) is 17.0 Å². The maximum atomic E-state index is 14.1. The smallest absolute Gasteiger partial charge is 0.420 e. The van der Waals surface area contributed by atoms with Gasteiger partial charge in [0.15, 0.2) is 11.4 Å². The lowest BCUT2D eigenvalue weighted by Gasteiger charge is -2.30. The van der Waals surface area contributed by atoms with Crippen LogP contribution in [-0.4, -0.2) is 37.7 Å². The van der Waals surface area contributed by atoms with Crippen LogP contribution in [0.25, 0.3) is 45.1 Å². The van der Waals surface area contributed by atoms with E-state index >= 15 is 0 Å². The van der Waals surface area contributed by atoms with Crippen LogP contribution < -0.4 is 0 Å². The van der Waals surface area contributed by atoms with E-state index in [2.05, 4.69) is 27.0 Å². The molecule has 0 bridgehead atoms. The Hall–Kier alpha value is -3.98. The van der Waals surface area contributed by atoms with Crippen LogP contribution in [0.5, 0.6) is 0 Å². The van der Waals surface area contributed by atoms with E-state index < -0.39 is 11.7 Å². The molecule has 6 rings (SSSR count). The Bertz CT molecular complexity index is 1640. The van der Waals surface area contributed by atoms with E-state index in [0.717, 1.165) is 42.6 Å². The molecule has 0 amide bonds. The number of halogens is 3. The predicted molar refractivity (Wildman–Crippen MR) is 144 cm³/mol. The van der Waals surface area contributed by atoms with Gasteiger partial charge in [0.05, 0.1) is 0 Å². The zero-order chi connectivity index (χ0) is 27.1. The van der Waals surface area contributed by atoms with Crippen molar-refractivity contribution in [3.63, 3.8) is 0 Å². The average molecular weight is 532 g/mol. The first kappa shape index (κ1) is 25.3. The quantitative estimate of drug-likeness (QED) is 0.240. The molecular weight excluding hydrogens is 503 g/mol. The molecule has 0 N–H and O–H groups in total. The van der Waals surface area contributed by atoms with Gasteiger partial charge < -0.3 is 8.98 Å². The van der Waals surface area contributed by atoms with Gasteiger partial charge in [-0.05, 0) is 66.3 Å². The fourth-order valence-corrected chi connectivity index (χ4v) is 5.48. The fourth-order valence-electron chi connectivity index (χ4n) is 5.48. The summed E-state index contributed by atoms with van der Waals surface area (Å²) in [7, 11) is 1.87. The Labute approximate surface area is 224 Å². The molecule has 3 heterocycles. The Balaban J connectivity index is 1.40. The highest BCUT2D eigenvalue weighted by atomic mass is 19.4. The van der Waals surface area contributed by atoms with E-state index in [1.54, 1.807) is 18.5 Å². The SMILES string of the molecule is CC1CCCN(Cc2cc(C(F)(F)F)c3oc(-c4cccc(-c5ccccc5-c5nncn5C)c4)nc3c2)C1. The number of nitrogens with zero attached hydrogens (tertiary/aromatic N) is 5.